The molecular weight excluding hydrogens is 377 g/mol. The summed E-state index contributed by atoms with van der Waals surface area (Å²) >= 11 is 1.04. The third kappa shape index (κ3) is 4.17. The molecule has 142 valence electrons. The highest BCUT2D eigenvalue weighted by atomic mass is 32.2. The molecule has 0 saturated heterocycles. The van der Waals surface area contributed by atoms with E-state index in [9.17, 15) is 26.7 Å². The van der Waals surface area contributed by atoms with Gasteiger partial charge in [-0.05, 0) is 12.1 Å². The number of carbonyl (C=O) groups excluding carboxylic acids is 1. The topological polar surface area (TPSA) is 38.1 Å². The van der Waals surface area contributed by atoms with Gasteiger partial charge in [-0.3, -0.25) is 14.4 Å². The molecule has 2 rings (SSSR count). The molecule has 0 atom stereocenters. The van der Waals surface area contributed by atoms with Crippen LogP contribution >= 0.6 is 11.8 Å². The standard InChI is InChI=1S/C16H16F5N3OS/c1-15(2,3)26-14-12(13(16(19,20)21)22-23(14)4)24(8-25)11-6-5-9(17)7-10(11)18/h5-8H,1-4H3. The maximum absolute atomic E-state index is 14.1. The van der Waals surface area contributed by atoms with Gasteiger partial charge in [0.1, 0.15) is 22.3 Å². The van der Waals surface area contributed by atoms with Crippen molar-refractivity contribution >= 4 is 29.5 Å². The summed E-state index contributed by atoms with van der Waals surface area (Å²) in [6.07, 6.45) is -4.82. The first-order valence-electron chi connectivity index (χ1n) is 7.38. The highest BCUT2D eigenvalue weighted by molar-refractivity contribution is 8.00. The molecule has 1 aromatic heterocycles. The fraction of sp³-hybridized carbons (Fsp3) is 0.375. The number of thioether (sulfide) groups is 1. The van der Waals surface area contributed by atoms with E-state index >= 15 is 0 Å². The minimum Gasteiger partial charge on any atom is -0.278 e. The average molecular weight is 393 g/mol. The minimum atomic E-state index is -4.87. The first-order chi connectivity index (χ1) is 11.8. The van der Waals surface area contributed by atoms with E-state index in [2.05, 4.69) is 5.10 Å². The van der Waals surface area contributed by atoms with Gasteiger partial charge in [0.2, 0.25) is 6.41 Å². The number of anilines is 2. The van der Waals surface area contributed by atoms with Crippen molar-refractivity contribution < 1.29 is 26.7 Å². The van der Waals surface area contributed by atoms with Crippen LogP contribution in [0.25, 0.3) is 0 Å². The predicted octanol–water partition coefficient (Wildman–Crippen LogP) is 4.90. The van der Waals surface area contributed by atoms with Crippen LogP contribution in [0.4, 0.5) is 33.3 Å². The summed E-state index contributed by atoms with van der Waals surface area (Å²) in [6, 6.07) is 2.25. The van der Waals surface area contributed by atoms with Crippen LogP contribution < -0.4 is 4.90 Å². The third-order valence-corrected chi connectivity index (χ3v) is 4.42. The summed E-state index contributed by atoms with van der Waals surface area (Å²) in [4.78, 5) is 12.1. The van der Waals surface area contributed by atoms with Crippen molar-refractivity contribution in [2.45, 2.75) is 36.7 Å². The van der Waals surface area contributed by atoms with Crippen LogP contribution in [0.1, 0.15) is 26.5 Å². The fourth-order valence-electron chi connectivity index (χ4n) is 2.22. The molecular formula is C16H16F5N3OS. The van der Waals surface area contributed by atoms with Gasteiger partial charge >= 0.3 is 6.18 Å². The number of carbonyl (C=O) groups is 1. The summed E-state index contributed by atoms with van der Waals surface area (Å²) < 4.78 is 68.2. The van der Waals surface area contributed by atoms with E-state index in [0.717, 1.165) is 28.6 Å². The van der Waals surface area contributed by atoms with Crippen LogP contribution in [0.2, 0.25) is 0 Å². The maximum Gasteiger partial charge on any atom is 0.437 e. The fourth-order valence-corrected chi connectivity index (χ4v) is 3.26. The number of aryl methyl sites for hydroxylation is 1. The summed E-state index contributed by atoms with van der Waals surface area (Å²) in [7, 11) is 1.30. The number of hydrogen-bond donors (Lipinski definition) is 0. The van der Waals surface area contributed by atoms with E-state index in [0.29, 0.717) is 11.0 Å². The molecule has 0 radical (unpaired) electrons. The number of nitrogens with zero attached hydrogens (tertiary/aromatic N) is 3. The predicted molar refractivity (Wildman–Crippen MR) is 88.4 cm³/mol. The van der Waals surface area contributed by atoms with E-state index < -0.39 is 39.6 Å². The number of amides is 1. The zero-order chi connectivity index (χ0) is 19.9. The third-order valence-electron chi connectivity index (χ3n) is 3.16. The lowest BCUT2D eigenvalue weighted by atomic mass is 10.2. The van der Waals surface area contributed by atoms with Crippen LogP contribution in [-0.2, 0) is 18.0 Å². The van der Waals surface area contributed by atoms with Crippen molar-refractivity contribution in [3.63, 3.8) is 0 Å². The van der Waals surface area contributed by atoms with E-state index in [1.165, 1.54) is 7.05 Å². The van der Waals surface area contributed by atoms with Crippen molar-refractivity contribution in [3.8, 4) is 0 Å². The van der Waals surface area contributed by atoms with E-state index in [-0.39, 0.29) is 11.4 Å². The number of benzene rings is 1. The highest BCUT2D eigenvalue weighted by Gasteiger charge is 2.42. The largest absolute Gasteiger partial charge is 0.437 e. The molecule has 2 aromatic rings. The lowest BCUT2D eigenvalue weighted by molar-refractivity contribution is -0.140. The Balaban J connectivity index is 2.76. The summed E-state index contributed by atoms with van der Waals surface area (Å²) in [5.74, 6) is -2.08. The number of alkyl halides is 3. The molecule has 1 aromatic carbocycles. The molecule has 0 aliphatic rings. The Hall–Kier alpha value is -2.10. The Morgan fingerprint density at radius 3 is 2.27 bits per heavy atom. The van der Waals surface area contributed by atoms with Gasteiger partial charge in [0.15, 0.2) is 5.69 Å². The number of aromatic nitrogens is 2. The Bertz CT molecular complexity index is 827. The summed E-state index contributed by atoms with van der Waals surface area (Å²) in [6.45, 7) is 5.31. The van der Waals surface area contributed by atoms with Crippen LogP contribution in [0.15, 0.2) is 23.2 Å². The molecule has 0 N–H and O–H groups in total. The Labute approximate surface area is 151 Å². The second-order valence-electron chi connectivity index (χ2n) is 6.41. The zero-order valence-corrected chi connectivity index (χ0v) is 15.2. The molecule has 0 unspecified atom stereocenters. The van der Waals surface area contributed by atoms with Crippen molar-refractivity contribution in [2.75, 3.05) is 4.90 Å². The van der Waals surface area contributed by atoms with Crippen LogP contribution in [0.3, 0.4) is 0 Å². The first kappa shape index (κ1) is 20.2. The molecule has 0 saturated carbocycles. The molecule has 4 nitrogen and oxygen atoms in total. The molecule has 10 heteroatoms. The SMILES string of the molecule is Cn1nc(C(F)(F)F)c(N(C=O)c2ccc(F)cc2F)c1SC(C)(C)C. The summed E-state index contributed by atoms with van der Waals surface area (Å²) in [5, 5.41) is 3.51. The van der Waals surface area contributed by atoms with Crippen molar-refractivity contribution in [1.29, 1.82) is 0 Å². The smallest absolute Gasteiger partial charge is 0.278 e. The number of hydrogen-bond acceptors (Lipinski definition) is 3. The molecule has 0 aliphatic heterocycles. The van der Waals surface area contributed by atoms with Gasteiger partial charge in [0.05, 0.1) is 5.69 Å². The van der Waals surface area contributed by atoms with E-state index in [1.807, 2.05) is 0 Å². The van der Waals surface area contributed by atoms with Crippen molar-refractivity contribution in [1.82, 2.24) is 9.78 Å². The minimum absolute atomic E-state index is 0.0284. The van der Waals surface area contributed by atoms with Gasteiger partial charge in [-0.15, -0.1) is 0 Å². The molecule has 0 fully saturated rings. The summed E-state index contributed by atoms with van der Waals surface area (Å²) in [5.41, 5.74) is -2.43. The molecule has 1 heterocycles. The normalized spacial score (nSPS) is 12.3. The lowest BCUT2D eigenvalue weighted by Gasteiger charge is -2.23. The van der Waals surface area contributed by atoms with Crippen LogP contribution in [0, 0.1) is 11.6 Å². The average Bonchev–Trinajstić information content (AvgIpc) is 2.78. The Morgan fingerprint density at radius 2 is 1.81 bits per heavy atom. The monoisotopic (exact) mass is 393 g/mol. The lowest BCUT2D eigenvalue weighted by Crippen LogP contribution is -2.21. The molecule has 26 heavy (non-hydrogen) atoms. The second-order valence-corrected chi connectivity index (χ2v) is 8.22. The van der Waals surface area contributed by atoms with Gasteiger partial charge < -0.3 is 0 Å². The van der Waals surface area contributed by atoms with Gasteiger partial charge in [0.25, 0.3) is 0 Å². The van der Waals surface area contributed by atoms with E-state index in [1.54, 1.807) is 20.8 Å². The van der Waals surface area contributed by atoms with Crippen LogP contribution in [-0.4, -0.2) is 20.9 Å². The molecule has 1 amide bonds. The van der Waals surface area contributed by atoms with Gasteiger partial charge in [-0.1, -0.05) is 32.5 Å². The Morgan fingerprint density at radius 1 is 1.19 bits per heavy atom. The number of halogens is 5. The molecule has 0 spiro atoms. The second kappa shape index (κ2) is 6.90. The van der Waals surface area contributed by atoms with Crippen molar-refractivity contribution in [2.24, 2.45) is 7.05 Å². The quantitative estimate of drug-likeness (QED) is 0.421. The molecule has 0 aliphatic carbocycles. The Kier molecular flexibility index (Phi) is 5.36. The maximum atomic E-state index is 14.1. The van der Waals surface area contributed by atoms with Crippen LogP contribution in [0.5, 0.6) is 0 Å². The van der Waals surface area contributed by atoms with E-state index in [4.69, 9.17) is 0 Å². The van der Waals surface area contributed by atoms with Gasteiger partial charge in [0, 0.05) is 17.9 Å². The first-order valence-corrected chi connectivity index (χ1v) is 8.19. The molecule has 0 bridgehead atoms. The highest BCUT2D eigenvalue weighted by Crippen LogP contribution is 2.46. The van der Waals surface area contributed by atoms with Crippen molar-refractivity contribution in [3.05, 3.63) is 35.5 Å². The number of rotatable bonds is 4. The zero-order valence-electron chi connectivity index (χ0n) is 14.4. The van der Waals surface area contributed by atoms with Gasteiger partial charge in [-0.25, -0.2) is 8.78 Å². The van der Waals surface area contributed by atoms with Gasteiger partial charge in [-0.2, -0.15) is 18.3 Å².